The van der Waals surface area contributed by atoms with Gasteiger partial charge in [0.25, 0.3) is 0 Å². The summed E-state index contributed by atoms with van der Waals surface area (Å²) in [6.45, 7) is 7.34. The van der Waals surface area contributed by atoms with E-state index in [1.807, 2.05) is 0 Å². The molecule has 5 nitrogen and oxygen atoms in total. The van der Waals surface area contributed by atoms with E-state index in [4.69, 9.17) is 17.2 Å². The van der Waals surface area contributed by atoms with Gasteiger partial charge in [-0.1, -0.05) is 55.7 Å². The van der Waals surface area contributed by atoms with E-state index in [1.54, 1.807) is 30.3 Å². The second-order valence-corrected chi connectivity index (χ2v) is 8.80. The predicted molar refractivity (Wildman–Crippen MR) is 137 cm³/mol. The number of halogens is 3. The van der Waals surface area contributed by atoms with Crippen molar-refractivity contribution >= 4 is 0 Å². The molecule has 1 aliphatic carbocycles. The molecule has 0 amide bonds. The lowest BCUT2D eigenvalue weighted by atomic mass is 9.93. The van der Waals surface area contributed by atoms with E-state index in [0.717, 1.165) is 37.1 Å². The molecule has 1 fully saturated rings. The molecule has 2 rings (SSSR count). The zero-order chi connectivity index (χ0) is 25.9. The van der Waals surface area contributed by atoms with Gasteiger partial charge in [0.2, 0.25) is 0 Å². The maximum absolute atomic E-state index is 12.7. The molecule has 1 unspecified atom stereocenters. The van der Waals surface area contributed by atoms with Gasteiger partial charge in [-0.15, -0.1) is 0 Å². The van der Waals surface area contributed by atoms with Gasteiger partial charge in [0.15, 0.2) is 0 Å². The van der Waals surface area contributed by atoms with Crippen molar-refractivity contribution in [2.24, 2.45) is 17.2 Å². The van der Waals surface area contributed by atoms with Crippen molar-refractivity contribution in [1.29, 1.82) is 0 Å². The molecule has 0 aromatic heterocycles. The predicted octanol–water partition coefficient (Wildman–Crippen LogP) is 3.85. The number of rotatable bonds is 12. The van der Waals surface area contributed by atoms with Gasteiger partial charge in [0.05, 0.1) is 12.5 Å². The molecule has 1 saturated carbocycles. The van der Waals surface area contributed by atoms with Crippen LogP contribution in [0.4, 0.5) is 13.2 Å². The molecule has 8 heteroatoms. The van der Waals surface area contributed by atoms with Crippen LogP contribution in [0.1, 0.15) is 43.7 Å². The SMILES string of the molecule is C=C(N)CC(C#CC(/C=C\N)=C/N)N/C(=C/C1(c2ccc(CC(F)(F)F)cc2)CC1)CNCCC. The first-order valence-corrected chi connectivity index (χ1v) is 11.7. The first kappa shape index (κ1) is 27.9. The zero-order valence-electron chi connectivity index (χ0n) is 20.2. The first-order chi connectivity index (χ1) is 16.6. The summed E-state index contributed by atoms with van der Waals surface area (Å²) in [6.07, 6.45) is 4.65. The third-order valence-corrected chi connectivity index (χ3v) is 5.59. The van der Waals surface area contributed by atoms with Gasteiger partial charge >= 0.3 is 6.18 Å². The lowest BCUT2D eigenvalue weighted by molar-refractivity contribution is -0.127. The van der Waals surface area contributed by atoms with Crippen molar-refractivity contribution in [2.45, 2.75) is 56.7 Å². The molecule has 0 heterocycles. The Labute approximate surface area is 206 Å². The van der Waals surface area contributed by atoms with Crippen molar-refractivity contribution in [3.63, 3.8) is 0 Å². The van der Waals surface area contributed by atoms with E-state index >= 15 is 0 Å². The molecule has 0 aliphatic heterocycles. The molecule has 190 valence electrons. The van der Waals surface area contributed by atoms with Gasteiger partial charge in [0, 0.05) is 41.5 Å². The van der Waals surface area contributed by atoms with Crippen molar-refractivity contribution in [3.05, 3.63) is 83.5 Å². The van der Waals surface area contributed by atoms with E-state index in [-0.39, 0.29) is 17.0 Å². The molecule has 0 radical (unpaired) electrons. The van der Waals surface area contributed by atoms with E-state index in [9.17, 15) is 13.2 Å². The molecular formula is C27H36F3N5. The lowest BCUT2D eigenvalue weighted by Crippen LogP contribution is -2.34. The topological polar surface area (TPSA) is 102 Å². The van der Waals surface area contributed by atoms with Crippen molar-refractivity contribution in [2.75, 3.05) is 13.1 Å². The lowest BCUT2D eigenvalue weighted by Gasteiger charge is -2.21. The number of nitrogens with one attached hydrogen (secondary N) is 2. The highest BCUT2D eigenvalue weighted by Gasteiger charge is 2.42. The Kier molecular flexibility index (Phi) is 10.3. The van der Waals surface area contributed by atoms with Crippen LogP contribution < -0.4 is 27.8 Å². The van der Waals surface area contributed by atoms with Crippen LogP contribution in [0.15, 0.2) is 72.4 Å². The second kappa shape index (κ2) is 13.0. The summed E-state index contributed by atoms with van der Waals surface area (Å²) in [5.41, 5.74) is 20.0. The molecule has 0 bridgehead atoms. The second-order valence-electron chi connectivity index (χ2n) is 8.80. The number of hydrogen-bond acceptors (Lipinski definition) is 5. The molecular weight excluding hydrogens is 451 g/mol. The molecule has 0 spiro atoms. The number of nitrogens with two attached hydrogens (primary N) is 3. The minimum atomic E-state index is -4.22. The summed E-state index contributed by atoms with van der Waals surface area (Å²) in [7, 11) is 0. The summed E-state index contributed by atoms with van der Waals surface area (Å²) >= 11 is 0. The zero-order valence-corrected chi connectivity index (χ0v) is 20.2. The van der Waals surface area contributed by atoms with E-state index in [1.165, 1.54) is 12.4 Å². The van der Waals surface area contributed by atoms with Gasteiger partial charge in [0.1, 0.15) is 0 Å². The minimum Gasteiger partial charge on any atom is -0.405 e. The summed E-state index contributed by atoms with van der Waals surface area (Å²) in [5, 5.41) is 6.90. The van der Waals surface area contributed by atoms with Crippen molar-refractivity contribution in [3.8, 4) is 11.8 Å². The number of benzene rings is 1. The summed E-state index contributed by atoms with van der Waals surface area (Å²) in [4.78, 5) is 0. The van der Waals surface area contributed by atoms with Gasteiger partial charge in [-0.05, 0) is 49.2 Å². The van der Waals surface area contributed by atoms with Crippen LogP contribution in [0.5, 0.6) is 0 Å². The van der Waals surface area contributed by atoms with Gasteiger partial charge < -0.3 is 27.8 Å². The van der Waals surface area contributed by atoms with Gasteiger partial charge in [-0.3, -0.25) is 0 Å². The molecule has 1 aliphatic rings. The normalized spacial score (nSPS) is 16.5. The van der Waals surface area contributed by atoms with Gasteiger partial charge in [-0.2, -0.15) is 13.2 Å². The molecule has 1 atom stereocenters. The summed E-state index contributed by atoms with van der Waals surface area (Å²) in [5.74, 6) is 6.15. The highest BCUT2D eigenvalue weighted by atomic mass is 19.4. The third kappa shape index (κ3) is 9.83. The Morgan fingerprint density at radius 3 is 2.43 bits per heavy atom. The Hall–Kier alpha value is -3.31. The van der Waals surface area contributed by atoms with Crippen LogP contribution in [0.2, 0.25) is 0 Å². The largest absolute Gasteiger partial charge is 0.405 e. The molecule has 0 saturated heterocycles. The van der Waals surface area contributed by atoms with E-state index in [2.05, 4.69) is 42.1 Å². The highest BCUT2D eigenvalue weighted by Crippen LogP contribution is 2.50. The Bertz CT molecular complexity index is 990. The van der Waals surface area contributed by atoms with E-state index < -0.39 is 12.6 Å². The fourth-order valence-corrected chi connectivity index (χ4v) is 3.75. The maximum atomic E-state index is 12.7. The van der Waals surface area contributed by atoms with Crippen LogP contribution in [0.3, 0.4) is 0 Å². The van der Waals surface area contributed by atoms with Crippen LogP contribution in [0, 0.1) is 11.8 Å². The molecule has 8 N–H and O–H groups in total. The number of hydrogen-bond donors (Lipinski definition) is 5. The highest BCUT2D eigenvalue weighted by molar-refractivity contribution is 5.41. The minimum absolute atomic E-state index is 0.213. The Morgan fingerprint density at radius 1 is 1.23 bits per heavy atom. The van der Waals surface area contributed by atoms with Crippen LogP contribution in [0.25, 0.3) is 0 Å². The summed E-state index contributed by atoms with van der Waals surface area (Å²) in [6, 6.07) is 6.43. The van der Waals surface area contributed by atoms with Gasteiger partial charge in [-0.25, -0.2) is 0 Å². The van der Waals surface area contributed by atoms with Crippen LogP contribution in [-0.2, 0) is 11.8 Å². The maximum Gasteiger partial charge on any atom is 0.393 e. The quantitative estimate of drug-likeness (QED) is 0.175. The standard InChI is InChI=1S/C27H36F3N5/c1-3-14-34-19-25(35-24(15-20(2)33)9-6-22(18-32)10-13-31)17-26(11-12-26)23-7-4-21(5-8-23)16-27(28,29)30/h4-5,7-8,10,13,17-18,24,34-35H,2-3,11-12,14-16,19,31-33H2,1H3/b13-10-,22-18-,25-17+. The third-order valence-electron chi connectivity index (χ3n) is 5.59. The monoisotopic (exact) mass is 487 g/mol. The number of allylic oxidation sites excluding steroid dienone is 3. The van der Waals surface area contributed by atoms with Crippen LogP contribution >= 0.6 is 0 Å². The fourth-order valence-electron chi connectivity index (χ4n) is 3.75. The molecule has 1 aromatic rings. The average molecular weight is 488 g/mol. The molecule has 35 heavy (non-hydrogen) atoms. The van der Waals surface area contributed by atoms with Crippen LogP contribution in [-0.4, -0.2) is 25.3 Å². The first-order valence-electron chi connectivity index (χ1n) is 11.7. The summed E-state index contributed by atoms with van der Waals surface area (Å²) < 4.78 is 38.2. The average Bonchev–Trinajstić information content (AvgIpc) is 3.56. The molecule has 1 aromatic carbocycles. The Balaban J connectivity index is 2.30. The number of alkyl halides is 3. The smallest absolute Gasteiger partial charge is 0.393 e. The van der Waals surface area contributed by atoms with E-state index in [0.29, 0.717) is 24.2 Å². The van der Waals surface area contributed by atoms with Crippen molar-refractivity contribution < 1.29 is 13.2 Å². The van der Waals surface area contributed by atoms with Crippen molar-refractivity contribution in [1.82, 2.24) is 10.6 Å². The fraction of sp³-hybridized carbons (Fsp3) is 0.407. The Morgan fingerprint density at radius 2 is 1.91 bits per heavy atom.